The fourth-order valence-electron chi connectivity index (χ4n) is 2.09. The second kappa shape index (κ2) is 6.26. The minimum Gasteiger partial charge on any atom is -0.454 e. The van der Waals surface area contributed by atoms with E-state index in [2.05, 4.69) is 55.4 Å². The lowest BCUT2D eigenvalue weighted by Gasteiger charge is -2.09. The molecule has 0 radical (unpaired) electrons. The fourth-order valence-corrected chi connectivity index (χ4v) is 3.35. The van der Waals surface area contributed by atoms with Gasteiger partial charge in [0.15, 0.2) is 17.3 Å². The van der Waals surface area contributed by atoms with Crippen LogP contribution in [0.5, 0.6) is 11.5 Å². The molecule has 0 atom stereocenters. The standard InChI is InChI=1S/C14H11BrClIN2O2/c1-2-3-9-11(17)13(16)19-14(18-9)7-4-8(15)12-10(5-7)20-6-21-12/h4-5H,2-3,6H2,1H3. The van der Waals surface area contributed by atoms with E-state index in [-0.39, 0.29) is 6.79 Å². The van der Waals surface area contributed by atoms with Gasteiger partial charge in [0.2, 0.25) is 6.79 Å². The van der Waals surface area contributed by atoms with E-state index in [1.54, 1.807) is 0 Å². The van der Waals surface area contributed by atoms with Gasteiger partial charge in [-0.25, -0.2) is 9.97 Å². The molecule has 1 aromatic heterocycles. The molecule has 1 aliphatic rings. The minimum absolute atomic E-state index is 0.229. The molecule has 0 spiro atoms. The summed E-state index contributed by atoms with van der Waals surface area (Å²) in [5.74, 6) is 2.00. The Balaban J connectivity index is 2.10. The quantitative estimate of drug-likeness (QED) is 0.465. The highest BCUT2D eigenvalue weighted by Crippen LogP contribution is 2.42. The number of hydrogen-bond acceptors (Lipinski definition) is 4. The maximum atomic E-state index is 6.24. The number of fused-ring (bicyclic) bond motifs is 1. The van der Waals surface area contributed by atoms with Crippen LogP contribution in [0.15, 0.2) is 16.6 Å². The molecule has 0 saturated carbocycles. The van der Waals surface area contributed by atoms with E-state index < -0.39 is 0 Å². The van der Waals surface area contributed by atoms with Gasteiger partial charge in [0.05, 0.1) is 13.7 Å². The third-order valence-electron chi connectivity index (χ3n) is 3.05. The SMILES string of the molecule is CCCc1nc(-c2cc(Br)c3c(c2)OCO3)nc(Cl)c1I. The first kappa shape index (κ1) is 15.3. The van der Waals surface area contributed by atoms with Crippen LogP contribution < -0.4 is 9.47 Å². The van der Waals surface area contributed by atoms with Crippen LogP contribution in [0.4, 0.5) is 0 Å². The summed E-state index contributed by atoms with van der Waals surface area (Å²) >= 11 is 11.9. The van der Waals surface area contributed by atoms with Crippen molar-refractivity contribution < 1.29 is 9.47 Å². The molecule has 4 nitrogen and oxygen atoms in total. The Labute approximate surface area is 149 Å². The fraction of sp³-hybridized carbons (Fsp3) is 0.286. The van der Waals surface area contributed by atoms with Crippen molar-refractivity contribution in [2.24, 2.45) is 0 Å². The Hall–Kier alpha value is -0.600. The number of nitrogens with zero attached hydrogens (tertiary/aromatic N) is 2. The van der Waals surface area contributed by atoms with Crippen molar-refractivity contribution in [2.45, 2.75) is 19.8 Å². The van der Waals surface area contributed by atoms with E-state index in [9.17, 15) is 0 Å². The zero-order chi connectivity index (χ0) is 15.0. The highest BCUT2D eigenvalue weighted by molar-refractivity contribution is 14.1. The summed E-state index contributed by atoms with van der Waals surface area (Å²) < 4.78 is 12.6. The van der Waals surface area contributed by atoms with Crippen LogP contribution in [0.25, 0.3) is 11.4 Å². The van der Waals surface area contributed by atoms with Crippen LogP contribution >= 0.6 is 50.1 Å². The first-order valence-electron chi connectivity index (χ1n) is 6.41. The van der Waals surface area contributed by atoms with Crippen LogP contribution in [0.3, 0.4) is 0 Å². The second-order valence-electron chi connectivity index (χ2n) is 4.54. The summed E-state index contributed by atoms with van der Waals surface area (Å²) in [6, 6.07) is 3.79. The minimum atomic E-state index is 0.229. The van der Waals surface area contributed by atoms with Crippen molar-refractivity contribution in [1.82, 2.24) is 9.97 Å². The number of aromatic nitrogens is 2. The number of halogens is 3. The Morgan fingerprint density at radius 1 is 1.33 bits per heavy atom. The van der Waals surface area contributed by atoms with Crippen LogP contribution in [-0.2, 0) is 6.42 Å². The molecule has 2 heterocycles. The summed E-state index contributed by atoms with van der Waals surface area (Å²) in [7, 11) is 0. The topological polar surface area (TPSA) is 44.2 Å². The molecule has 0 bridgehead atoms. The molecule has 3 rings (SSSR count). The highest BCUT2D eigenvalue weighted by atomic mass is 127. The molecule has 0 saturated heterocycles. The van der Waals surface area contributed by atoms with Gasteiger partial charge in [-0.1, -0.05) is 24.9 Å². The number of ether oxygens (including phenoxy) is 2. The summed E-state index contributed by atoms with van der Waals surface area (Å²) in [6.07, 6.45) is 1.88. The Morgan fingerprint density at radius 2 is 2.14 bits per heavy atom. The first-order chi connectivity index (χ1) is 10.1. The molecule has 0 amide bonds. The maximum Gasteiger partial charge on any atom is 0.231 e. The summed E-state index contributed by atoms with van der Waals surface area (Å²) in [6.45, 7) is 2.34. The summed E-state index contributed by atoms with van der Waals surface area (Å²) in [5.41, 5.74) is 1.82. The largest absolute Gasteiger partial charge is 0.454 e. The molecule has 1 aromatic carbocycles. The summed E-state index contributed by atoms with van der Waals surface area (Å²) in [5, 5.41) is 0.484. The third kappa shape index (κ3) is 2.98. The molecule has 21 heavy (non-hydrogen) atoms. The molecule has 110 valence electrons. The molecule has 2 aromatic rings. The molecule has 0 unspecified atom stereocenters. The molecule has 0 aliphatic carbocycles. The molecule has 1 aliphatic heterocycles. The smallest absolute Gasteiger partial charge is 0.231 e. The zero-order valence-electron chi connectivity index (χ0n) is 11.1. The van der Waals surface area contributed by atoms with Crippen molar-refractivity contribution in [1.29, 1.82) is 0 Å². The van der Waals surface area contributed by atoms with E-state index in [0.717, 1.165) is 32.1 Å². The van der Waals surface area contributed by atoms with Gasteiger partial charge in [0.25, 0.3) is 0 Å². The third-order valence-corrected chi connectivity index (χ3v) is 5.37. The van der Waals surface area contributed by atoms with Crippen molar-refractivity contribution in [3.63, 3.8) is 0 Å². The predicted octanol–water partition coefficient (Wildman–Crippen LogP) is 4.85. The van der Waals surface area contributed by atoms with Gasteiger partial charge in [0.1, 0.15) is 5.15 Å². The lowest BCUT2D eigenvalue weighted by Crippen LogP contribution is -2.00. The average Bonchev–Trinajstić information content (AvgIpc) is 2.92. The van der Waals surface area contributed by atoms with Gasteiger partial charge >= 0.3 is 0 Å². The number of hydrogen-bond donors (Lipinski definition) is 0. The van der Waals surface area contributed by atoms with E-state index in [1.165, 1.54) is 0 Å². The molecule has 0 fully saturated rings. The normalized spacial score (nSPS) is 12.8. The number of benzene rings is 1. The second-order valence-corrected chi connectivity index (χ2v) is 6.83. The van der Waals surface area contributed by atoms with Gasteiger partial charge in [-0.3, -0.25) is 0 Å². The molecule has 0 N–H and O–H groups in total. The Morgan fingerprint density at radius 3 is 2.90 bits per heavy atom. The first-order valence-corrected chi connectivity index (χ1v) is 8.66. The lowest BCUT2D eigenvalue weighted by atomic mass is 10.1. The average molecular weight is 482 g/mol. The van der Waals surface area contributed by atoms with Crippen LogP contribution in [0, 0.1) is 3.57 Å². The highest BCUT2D eigenvalue weighted by Gasteiger charge is 2.20. The van der Waals surface area contributed by atoms with Crippen LogP contribution in [0.1, 0.15) is 19.0 Å². The van der Waals surface area contributed by atoms with Gasteiger partial charge in [0, 0.05) is 5.56 Å². The van der Waals surface area contributed by atoms with Crippen molar-refractivity contribution in [3.8, 4) is 22.9 Å². The monoisotopic (exact) mass is 480 g/mol. The van der Waals surface area contributed by atoms with Gasteiger partial charge < -0.3 is 9.47 Å². The van der Waals surface area contributed by atoms with E-state index in [0.29, 0.717) is 22.5 Å². The zero-order valence-corrected chi connectivity index (χ0v) is 15.6. The van der Waals surface area contributed by atoms with E-state index in [1.807, 2.05) is 12.1 Å². The van der Waals surface area contributed by atoms with Crippen LogP contribution in [-0.4, -0.2) is 16.8 Å². The van der Waals surface area contributed by atoms with Gasteiger partial charge in [-0.2, -0.15) is 0 Å². The van der Waals surface area contributed by atoms with Crippen molar-refractivity contribution >= 4 is 50.1 Å². The maximum absolute atomic E-state index is 6.24. The van der Waals surface area contributed by atoms with E-state index >= 15 is 0 Å². The number of aryl methyl sites for hydroxylation is 1. The lowest BCUT2D eigenvalue weighted by molar-refractivity contribution is 0.173. The predicted molar refractivity (Wildman–Crippen MR) is 93.0 cm³/mol. The van der Waals surface area contributed by atoms with Crippen molar-refractivity contribution in [3.05, 3.63) is 31.0 Å². The molecular formula is C14H11BrClIN2O2. The summed E-state index contributed by atoms with van der Waals surface area (Å²) in [4.78, 5) is 9.02. The molecule has 7 heteroatoms. The molecular weight excluding hydrogens is 470 g/mol. The Kier molecular flexibility index (Phi) is 4.56. The van der Waals surface area contributed by atoms with Crippen molar-refractivity contribution in [2.75, 3.05) is 6.79 Å². The van der Waals surface area contributed by atoms with Crippen LogP contribution in [0.2, 0.25) is 5.15 Å². The Bertz CT molecular complexity index is 712. The number of rotatable bonds is 3. The van der Waals surface area contributed by atoms with Gasteiger partial charge in [-0.05, 0) is 57.1 Å². The van der Waals surface area contributed by atoms with Gasteiger partial charge in [-0.15, -0.1) is 0 Å². The van der Waals surface area contributed by atoms with E-state index in [4.69, 9.17) is 21.1 Å².